The first-order valence-electron chi connectivity index (χ1n) is 9.45. The van der Waals surface area contributed by atoms with Crippen LogP contribution in [-0.2, 0) is 14.3 Å². The van der Waals surface area contributed by atoms with Crippen molar-refractivity contribution >= 4 is 28.8 Å². The number of hydrogen-bond acceptors (Lipinski definition) is 4. The van der Waals surface area contributed by atoms with Gasteiger partial charge in [-0.1, -0.05) is 23.8 Å². The van der Waals surface area contributed by atoms with Gasteiger partial charge in [0.15, 0.2) is 0 Å². The minimum Gasteiger partial charge on any atom is -0.376 e. The van der Waals surface area contributed by atoms with Crippen LogP contribution in [0, 0.1) is 12.8 Å². The van der Waals surface area contributed by atoms with Gasteiger partial charge < -0.3 is 15.0 Å². The van der Waals surface area contributed by atoms with Crippen molar-refractivity contribution in [3.8, 4) is 0 Å². The number of carbonyl (C=O) groups is 2. The van der Waals surface area contributed by atoms with Gasteiger partial charge in [-0.3, -0.25) is 9.59 Å². The van der Waals surface area contributed by atoms with Gasteiger partial charge in [0, 0.05) is 30.1 Å². The van der Waals surface area contributed by atoms with E-state index in [4.69, 9.17) is 4.74 Å². The number of benzene rings is 1. The molecule has 1 aromatic carbocycles. The molecular formula is C21H24N2O3S. The van der Waals surface area contributed by atoms with Gasteiger partial charge in [-0.2, -0.15) is 0 Å². The van der Waals surface area contributed by atoms with Gasteiger partial charge in [-0.15, -0.1) is 11.3 Å². The molecule has 27 heavy (non-hydrogen) atoms. The molecule has 3 unspecified atom stereocenters. The molecule has 6 heteroatoms. The maximum Gasteiger partial charge on any atom is 0.228 e. The second-order valence-corrected chi connectivity index (χ2v) is 8.23. The third kappa shape index (κ3) is 3.77. The van der Waals surface area contributed by atoms with Crippen molar-refractivity contribution in [2.24, 2.45) is 5.92 Å². The first kappa shape index (κ1) is 18.2. The first-order valence-corrected chi connectivity index (χ1v) is 10.3. The standard InChI is InChI=1S/C21H24N2O3S/c1-14-6-8-15(9-7-14)23-19(24)12-17(20(23)18-5-3-11-27-18)21(25)22-13-16-4-2-10-26-16/h3,5-9,11,16-17,20H,2,4,10,12-13H2,1H3,(H,22,25). The summed E-state index contributed by atoms with van der Waals surface area (Å²) < 4.78 is 5.60. The van der Waals surface area contributed by atoms with Crippen LogP contribution in [0.1, 0.15) is 35.7 Å². The Labute approximate surface area is 163 Å². The molecule has 0 spiro atoms. The molecule has 2 saturated heterocycles. The molecule has 3 heterocycles. The lowest BCUT2D eigenvalue weighted by molar-refractivity contribution is -0.127. The minimum atomic E-state index is -0.390. The molecule has 1 N–H and O–H groups in total. The lowest BCUT2D eigenvalue weighted by Crippen LogP contribution is -2.38. The fourth-order valence-electron chi connectivity index (χ4n) is 3.92. The second kappa shape index (κ2) is 7.82. The van der Waals surface area contributed by atoms with Crippen LogP contribution >= 0.6 is 11.3 Å². The van der Waals surface area contributed by atoms with Crippen LogP contribution in [0.5, 0.6) is 0 Å². The molecule has 0 bridgehead atoms. The Morgan fingerprint density at radius 2 is 2.11 bits per heavy atom. The number of nitrogens with one attached hydrogen (secondary N) is 1. The third-order valence-electron chi connectivity index (χ3n) is 5.33. The van der Waals surface area contributed by atoms with E-state index < -0.39 is 0 Å². The monoisotopic (exact) mass is 384 g/mol. The Bertz CT molecular complexity index is 797. The summed E-state index contributed by atoms with van der Waals surface area (Å²) in [5, 5.41) is 5.01. The summed E-state index contributed by atoms with van der Waals surface area (Å²) in [6.45, 7) is 3.31. The van der Waals surface area contributed by atoms with Gasteiger partial charge in [-0.05, 0) is 43.3 Å². The summed E-state index contributed by atoms with van der Waals surface area (Å²) in [4.78, 5) is 28.6. The molecule has 2 aromatic rings. The van der Waals surface area contributed by atoms with Gasteiger partial charge in [0.1, 0.15) is 0 Å². The van der Waals surface area contributed by atoms with Crippen molar-refractivity contribution in [2.75, 3.05) is 18.1 Å². The minimum absolute atomic E-state index is 0.00507. The van der Waals surface area contributed by atoms with Crippen molar-refractivity contribution < 1.29 is 14.3 Å². The van der Waals surface area contributed by atoms with Crippen molar-refractivity contribution in [3.63, 3.8) is 0 Å². The van der Waals surface area contributed by atoms with Crippen molar-refractivity contribution in [1.82, 2.24) is 5.32 Å². The zero-order valence-corrected chi connectivity index (χ0v) is 16.2. The van der Waals surface area contributed by atoms with E-state index in [2.05, 4.69) is 5.32 Å². The van der Waals surface area contributed by atoms with Crippen molar-refractivity contribution in [3.05, 3.63) is 52.2 Å². The Kier molecular flexibility index (Phi) is 5.27. The Balaban J connectivity index is 1.58. The maximum absolute atomic E-state index is 12.9. The summed E-state index contributed by atoms with van der Waals surface area (Å²) >= 11 is 1.59. The Hall–Kier alpha value is -2.18. The molecule has 0 saturated carbocycles. The molecule has 0 radical (unpaired) electrons. The van der Waals surface area contributed by atoms with Crippen LogP contribution in [0.2, 0.25) is 0 Å². The topological polar surface area (TPSA) is 58.6 Å². The zero-order chi connectivity index (χ0) is 18.8. The fourth-order valence-corrected chi connectivity index (χ4v) is 4.80. The van der Waals surface area contributed by atoms with Crippen LogP contribution in [0.25, 0.3) is 0 Å². The molecule has 3 atom stereocenters. The molecule has 2 amide bonds. The summed E-state index contributed by atoms with van der Waals surface area (Å²) in [6.07, 6.45) is 2.35. The molecular weight excluding hydrogens is 360 g/mol. The summed E-state index contributed by atoms with van der Waals surface area (Å²) in [5.74, 6) is -0.458. The Morgan fingerprint density at radius 1 is 1.30 bits per heavy atom. The van der Waals surface area contributed by atoms with Crippen molar-refractivity contribution in [1.29, 1.82) is 0 Å². The van der Waals surface area contributed by atoms with Crippen molar-refractivity contribution in [2.45, 2.75) is 38.3 Å². The quantitative estimate of drug-likeness (QED) is 0.859. The second-order valence-electron chi connectivity index (χ2n) is 7.25. The highest BCUT2D eigenvalue weighted by atomic mass is 32.1. The highest BCUT2D eigenvalue weighted by molar-refractivity contribution is 7.10. The van der Waals surface area contributed by atoms with E-state index in [1.165, 1.54) is 0 Å². The van der Waals surface area contributed by atoms with Crippen LogP contribution in [0.4, 0.5) is 5.69 Å². The number of amides is 2. The predicted octanol–water partition coefficient (Wildman–Crippen LogP) is 3.45. The largest absolute Gasteiger partial charge is 0.376 e. The lowest BCUT2D eigenvalue weighted by Gasteiger charge is -2.27. The first-order chi connectivity index (χ1) is 13.1. The average Bonchev–Trinajstić information content (AvgIpc) is 3.41. The van der Waals surface area contributed by atoms with Gasteiger partial charge in [-0.25, -0.2) is 0 Å². The number of anilines is 1. The van der Waals surface area contributed by atoms with E-state index in [-0.39, 0.29) is 36.3 Å². The average molecular weight is 385 g/mol. The highest BCUT2D eigenvalue weighted by Crippen LogP contribution is 2.43. The molecule has 5 nitrogen and oxygen atoms in total. The molecule has 2 aliphatic rings. The maximum atomic E-state index is 12.9. The lowest BCUT2D eigenvalue weighted by atomic mass is 9.97. The smallest absolute Gasteiger partial charge is 0.228 e. The summed E-state index contributed by atoms with van der Waals surface area (Å²) in [6, 6.07) is 11.6. The number of aryl methyl sites for hydroxylation is 1. The molecule has 2 aliphatic heterocycles. The van der Waals surface area contributed by atoms with Gasteiger partial charge in [0.05, 0.1) is 18.1 Å². The molecule has 1 aromatic heterocycles. The van der Waals surface area contributed by atoms with Crippen LogP contribution in [0.3, 0.4) is 0 Å². The number of carbonyl (C=O) groups excluding carboxylic acids is 2. The van der Waals surface area contributed by atoms with Gasteiger partial charge in [0.25, 0.3) is 0 Å². The molecule has 4 rings (SSSR count). The number of rotatable bonds is 5. The van der Waals surface area contributed by atoms with Crippen LogP contribution < -0.4 is 10.2 Å². The highest BCUT2D eigenvalue weighted by Gasteiger charge is 2.45. The Morgan fingerprint density at radius 3 is 2.78 bits per heavy atom. The molecule has 0 aliphatic carbocycles. The molecule has 2 fully saturated rings. The van der Waals surface area contributed by atoms with E-state index in [0.717, 1.165) is 35.6 Å². The third-order valence-corrected chi connectivity index (χ3v) is 6.28. The van der Waals surface area contributed by atoms with Gasteiger partial charge >= 0.3 is 0 Å². The SMILES string of the molecule is Cc1ccc(N2C(=O)CC(C(=O)NCC3CCCO3)C2c2cccs2)cc1. The van der Waals surface area contributed by atoms with E-state index in [0.29, 0.717) is 6.54 Å². The normalized spacial score (nSPS) is 25.1. The van der Waals surface area contributed by atoms with E-state index in [9.17, 15) is 9.59 Å². The van der Waals surface area contributed by atoms with E-state index in [1.54, 1.807) is 16.2 Å². The van der Waals surface area contributed by atoms with Gasteiger partial charge in [0.2, 0.25) is 11.8 Å². The van der Waals surface area contributed by atoms with E-state index >= 15 is 0 Å². The van der Waals surface area contributed by atoms with E-state index in [1.807, 2.05) is 48.7 Å². The number of thiophene rings is 1. The predicted molar refractivity (Wildman–Crippen MR) is 106 cm³/mol. The van der Waals surface area contributed by atoms with Crippen LogP contribution in [-0.4, -0.2) is 31.1 Å². The number of hydrogen-bond donors (Lipinski definition) is 1. The summed E-state index contributed by atoms with van der Waals surface area (Å²) in [7, 11) is 0. The zero-order valence-electron chi connectivity index (χ0n) is 15.4. The number of nitrogens with zero attached hydrogens (tertiary/aromatic N) is 1. The molecule has 142 valence electrons. The summed E-state index contributed by atoms with van der Waals surface area (Å²) in [5.41, 5.74) is 1.99. The fraction of sp³-hybridized carbons (Fsp3) is 0.429. The number of ether oxygens (including phenoxy) is 1. The van der Waals surface area contributed by atoms with Crippen LogP contribution in [0.15, 0.2) is 41.8 Å².